The quantitative estimate of drug-likeness (QED) is 0.842. The summed E-state index contributed by atoms with van der Waals surface area (Å²) in [7, 11) is 0. The van der Waals surface area contributed by atoms with Gasteiger partial charge in [-0.25, -0.2) is 9.78 Å². The largest absolute Gasteiger partial charge is 0.440 e. The summed E-state index contributed by atoms with van der Waals surface area (Å²) in [6.07, 6.45) is 3.57. The molecule has 0 unspecified atom stereocenters. The van der Waals surface area contributed by atoms with Crippen LogP contribution in [0.25, 0.3) is 0 Å². The number of rotatable bonds is 3. The van der Waals surface area contributed by atoms with Crippen LogP contribution in [0.2, 0.25) is 0 Å². The smallest absolute Gasteiger partial charge is 0.416 e. The maximum Gasteiger partial charge on any atom is 0.416 e. The van der Waals surface area contributed by atoms with Crippen LogP contribution in [-0.4, -0.2) is 53.9 Å². The van der Waals surface area contributed by atoms with Gasteiger partial charge in [-0.2, -0.15) is 0 Å². The lowest BCUT2D eigenvalue weighted by Gasteiger charge is -2.30. The molecule has 0 aromatic carbocycles. The first-order valence-electron chi connectivity index (χ1n) is 9.39. The van der Waals surface area contributed by atoms with E-state index >= 15 is 0 Å². The Morgan fingerprint density at radius 2 is 2.08 bits per heavy atom. The zero-order valence-corrected chi connectivity index (χ0v) is 15.1. The molecule has 25 heavy (non-hydrogen) atoms. The molecule has 6 heteroatoms. The minimum Gasteiger partial charge on any atom is -0.440 e. The molecular formula is C19H27N3O3. The molecule has 1 atom stereocenters. The van der Waals surface area contributed by atoms with Crippen molar-refractivity contribution in [2.75, 3.05) is 31.2 Å². The highest BCUT2D eigenvalue weighted by molar-refractivity contribution is 5.89. The molecule has 136 valence electrons. The number of hydrogen-bond acceptors (Lipinski definition) is 5. The summed E-state index contributed by atoms with van der Waals surface area (Å²) in [6.45, 7) is 7.46. The number of nitrogens with zero attached hydrogens (tertiary/aromatic N) is 3. The molecule has 0 N–H and O–H groups in total. The van der Waals surface area contributed by atoms with Crippen molar-refractivity contribution < 1.29 is 14.3 Å². The third-order valence-corrected chi connectivity index (χ3v) is 5.71. The van der Waals surface area contributed by atoms with Crippen molar-refractivity contribution >= 4 is 11.9 Å². The molecule has 0 bridgehead atoms. The van der Waals surface area contributed by atoms with Gasteiger partial charge in [-0.05, 0) is 45.4 Å². The highest BCUT2D eigenvalue weighted by Crippen LogP contribution is 2.36. The maximum absolute atomic E-state index is 12.5. The van der Waals surface area contributed by atoms with E-state index in [1.807, 2.05) is 12.1 Å². The van der Waals surface area contributed by atoms with E-state index in [-0.39, 0.29) is 6.09 Å². The highest BCUT2D eigenvalue weighted by Gasteiger charge is 2.47. The third-order valence-electron chi connectivity index (χ3n) is 5.71. The number of anilines is 1. The molecule has 0 saturated carbocycles. The third kappa shape index (κ3) is 3.13. The summed E-state index contributed by atoms with van der Waals surface area (Å²) in [4.78, 5) is 21.5. The number of aromatic nitrogens is 1. The van der Waals surface area contributed by atoms with Crippen LogP contribution in [0.3, 0.4) is 0 Å². The van der Waals surface area contributed by atoms with E-state index in [1.165, 1.54) is 6.42 Å². The molecule has 0 aliphatic carbocycles. The van der Waals surface area contributed by atoms with Crippen LogP contribution in [0, 0.1) is 0 Å². The van der Waals surface area contributed by atoms with Crippen molar-refractivity contribution in [2.24, 2.45) is 0 Å². The lowest BCUT2D eigenvalue weighted by molar-refractivity contribution is -0.0431. The molecule has 4 rings (SSSR count). The van der Waals surface area contributed by atoms with Crippen LogP contribution >= 0.6 is 0 Å². The van der Waals surface area contributed by atoms with E-state index < -0.39 is 5.60 Å². The van der Waals surface area contributed by atoms with Crippen LogP contribution < -0.4 is 4.90 Å². The Morgan fingerprint density at radius 3 is 2.84 bits per heavy atom. The fraction of sp³-hybridized carbons (Fsp3) is 0.684. The van der Waals surface area contributed by atoms with Gasteiger partial charge >= 0.3 is 6.09 Å². The molecule has 1 aromatic rings. The number of hydrogen-bond donors (Lipinski definition) is 0. The second-order valence-electron chi connectivity index (χ2n) is 7.66. The molecule has 3 aliphatic rings. The Kier molecular flexibility index (Phi) is 4.41. The fourth-order valence-electron chi connectivity index (χ4n) is 4.30. The molecule has 3 fully saturated rings. The SMILES string of the molecule is CC(C)N1CCC[C@H]1c1cccc(N2CC3(CCOCC3)OC2=O)n1. The highest BCUT2D eigenvalue weighted by atomic mass is 16.6. The number of pyridine rings is 1. The minimum atomic E-state index is -0.398. The van der Waals surface area contributed by atoms with Crippen molar-refractivity contribution in [2.45, 2.75) is 57.2 Å². The van der Waals surface area contributed by atoms with Gasteiger partial charge in [-0.15, -0.1) is 0 Å². The normalized spacial score (nSPS) is 26.6. The molecule has 3 aliphatic heterocycles. The van der Waals surface area contributed by atoms with Crippen molar-refractivity contribution in [1.29, 1.82) is 0 Å². The van der Waals surface area contributed by atoms with Crippen LogP contribution in [0.1, 0.15) is 51.3 Å². The van der Waals surface area contributed by atoms with Crippen molar-refractivity contribution in [1.82, 2.24) is 9.88 Å². The van der Waals surface area contributed by atoms with Gasteiger partial charge in [0.1, 0.15) is 11.4 Å². The van der Waals surface area contributed by atoms with E-state index in [0.29, 0.717) is 37.7 Å². The van der Waals surface area contributed by atoms with E-state index in [2.05, 4.69) is 24.8 Å². The van der Waals surface area contributed by atoms with Crippen LogP contribution in [0.15, 0.2) is 18.2 Å². The van der Waals surface area contributed by atoms with Gasteiger partial charge in [0.2, 0.25) is 0 Å². The lowest BCUT2D eigenvalue weighted by atomic mass is 9.94. The summed E-state index contributed by atoms with van der Waals surface area (Å²) in [5.74, 6) is 0.710. The first kappa shape index (κ1) is 16.8. The van der Waals surface area contributed by atoms with Crippen molar-refractivity contribution in [3.63, 3.8) is 0 Å². The Balaban J connectivity index is 1.56. The van der Waals surface area contributed by atoms with Gasteiger partial charge in [0.15, 0.2) is 0 Å². The fourth-order valence-corrected chi connectivity index (χ4v) is 4.30. The van der Waals surface area contributed by atoms with Gasteiger partial charge in [0, 0.05) is 18.9 Å². The Bertz CT molecular complexity index is 643. The van der Waals surface area contributed by atoms with E-state index in [0.717, 1.165) is 31.5 Å². The molecule has 6 nitrogen and oxygen atoms in total. The van der Waals surface area contributed by atoms with Crippen molar-refractivity contribution in [3.8, 4) is 0 Å². The molecule has 1 amide bonds. The van der Waals surface area contributed by atoms with Crippen molar-refractivity contribution in [3.05, 3.63) is 23.9 Å². The van der Waals surface area contributed by atoms with Gasteiger partial charge in [0.25, 0.3) is 0 Å². The lowest BCUT2D eigenvalue weighted by Crippen LogP contribution is -2.40. The number of ether oxygens (including phenoxy) is 2. The average molecular weight is 345 g/mol. The molecule has 3 saturated heterocycles. The van der Waals surface area contributed by atoms with E-state index in [1.54, 1.807) is 4.90 Å². The predicted molar refractivity (Wildman–Crippen MR) is 94.7 cm³/mol. The average Bonchev–Trinajstić information content (AvgIpc) is 3.21. The summed E-state index contributed by atoms with van der Waals surface area (Å²) >= 11 is 0. The standard InChI is InChI=1S/C19H27N3O3/c1-14(2)21-10-4-6-16(21)15-5-3-7-17(20-15)22-13-19(25-18(22)23)8-11-24-12-9-19/h3,5,7,14,16H,4,6,8-13H2,1-2H3/t16-/m0/s1. The summed E-state index contributed by atoms with van der Waals surface area (Å²) in [5.41, 5.74) is 0.661. The second kappa shape index (κ2) is 6.57. The summed E-state index contributed by atoms with van der Waals surface area (Å²) < 4.78 is 11.2. The van der Waals surface area contributed by atoms with Crippen LogP contribution in [-0.2, 0) is 9.47 Å². The van der Waals surface area contributed by atoms with Gasteiger partial charge in [-0.3, -0.25) is 9.80 Å². The predicted octanol–water partition coefficient (Wildman–Crippen LogP) is 3.13. The van der Waals surface area contributed by atoms with Gasteiger partial charge in [0.05, 0.1) is 31.5 Å². The maximum atomic E-state index is 12.5. The first-order chi connectivity index (χ1) is 12.1. The summed E-state index contributed by atoms with van der Waals surface area (Å²) in [6, 6.07) is 6.85. The summed E-state index contributed by atoms with van der Waals surface area (Å²) in [5, 5.41) is 0. The zero-order chi connectivity index (χ0) is 17.4. The Hall–Kier alpha value is -1.66. The van der Waals surface area contributed by atoms with E-state index in [9.17, 15) is 4.79 Å². The molecule has 0 radical (unpaired) electrons. The molecular weight excluding hydrogens is 318 g/mol. The molecule has 1 aromatic heterocycles. The van der Waals surface area contributed by atoms with Crippen LogP contribution in [0.4, 0.5) is 10.6 Å². The zero-order valence-electron chi connectivity index (χ0n) is 15.1. The topological polar surface area (TPSA) is 54.9 Å². The van der Waals surface area contributed by atoms with Gasteiger partial charge in [-0.1, -0.05) is 6.07 Å². The van der Waals surface area contributed by atoms with Gasteiger partial charge < -0.3 is 9.47 Å². The number of carbonyl (C=O) groups excluding carboxylic acids is 1. The van der Waals surface area contributed by atoms with E-state index in [4.69, 9.17) is 14.5 Å². The monoisotopic (exact) mass is 345 g/mol. The number of amides is 1. The van der Waals surface area contributed by atoms with Crippen LogP contribution in [0.5, 0.6) is 0 Å². The molecule has 1 spiro atoms. The second-order valence-corrected chi connectivity index (χ2v) is 7.66. The Morgan fingerprint density at radius 1 is 1.28 bits per heavy atom. The first-order valence-corrected chi connectivity index (χ1v) is 9.39. The number of carbonyl (C=O) groups is 1. The molecule has 4 heterocycles. The number of likely N-dealkylation sites (tertiary alicyclic amines) is 1. The minimum absolute atomic E-state index is 0.279. The Labute approximate surface area is 149 Å².